The summed E-state index contributed by atoms with van der Waals surface area (Å²) < 4.78 is 0. The lowest BCUT2D eigenvalue weighted by Crippen LogP contribution is -2.40. The van der Waals surface area contributed by atoms with E-state index in [1.54, 1.807) is 12.1 Å². The number of benzene rings is 1. The summed E-state index contributed by atoms with van der Waals surface area (Å²) in [6, 6.07) is 4.58. The Bertz CT molecular complexity index is 451. The van der Waals surface area contributed by atoms with E-state index in [4.69, 9.17) is 34.0 Å². The summed E-state index contributed by atoms with van der Waals surface area (Å²) >= 11 is 11.6. The van der Waals surface area contributed by atoms with Crippen LogP contribution in [-0.2, 0) is 4.79 Å². The summed E-state index contributed by atoms with van der Waals surface area (Å²) in [7, 11) is 0. The first kappa shape index (κ1) is 13.8. The molecule has 0 saturated heterocycles. The number of hydrogen-bond acceptors (Lipinski definition) is 3. The van der Waals surface area contributed by atoms with Crippen molar-refractivity contribution in [2.24, 2.45) is 5.73 Å². The van der Waals surface area contributed by atoms with Gasteiger partial charge in [-0.25, -0.2) is 0 Å². The zero-order chi connectivity index (χ0) is 13.0. The van der Waals surface area contributed by atoms with E-state index < -0.39 is 17.9 Å². The van der Waals surface area contributed by atoms with Gasteiger partial charge in [-0.05, 0) is 12.1 Å². The van der Waals surface area contributed by atoms with Crippen LogP contribution < -0.4 is 11.1 Å². The standard InChI is InChI=1S/C10H10Cl2N2O3/c11-6-3-1-2-5(8(6)12)10(17)14-4-7(15)9(13)16/h1-3,7,15H,4H2,(H2,13,16)(H,14,17). The minimum Gasteiger partial charge on any atom is -0.381 e. The molecule has 0 heterocycles. The fourth-order valence-electron chi connectivity index (χ4n) is 1.06. The first-order valence-corrected chi connectivity index (χ1v) is 5.38. The van der Waals surface area contributed by atoms with E-state index in [1.807, 2.05) is 0 Å². The summed E-state index contributed by atoms with van der Waals surface area (Å²) in [5.41, 5.74) is 4.99. The molecule has 1 aromatic rings. The second-order valence-corrected chi connectivity index (χ2v) is 4.01. The first-order chi connectivity index (χ1) is 7.93. The highest BCUT2D eigenvalue weighted by atomic mass is 35.5. The molecular weight excluding hydrogens is 267 g/mol. The van der Waals surface area contributed by atoms with Crippen molar-refractivity contribution in [3.8, 4) is 0 Å². The Balaban J connectivity index is 2.71. The predicted molar refractivity (Wildman–Crippen MR) is 64.0 cm³/mol. The Kier molecular flexibility index (Phi) is 4.74. The molecule has 1 aromatic carbocycles. The van der Waals surface area contributed by atoms with Gasteiger partial charge in [-0.1, -0.05) is 29.3 Å². The highest BCUT2D eigenvalue weighted by Gasteiger charge is 2.15. The summed E-state index contributed by atoms with van der Waals surface area (Å²) in [5, 5.41) is 11.8. The molecule has 0 aliphatic heterocycles. The van der Waals surface area contributed by atoms with Crippen molar-refractivity contribution in [2.75, 3.05) is 6.54 Å². The third kappa shape index (κ3) is 3.59. The van der Waals surface area contributed by atoms with Gasteiger partial charge in [-0.15, -0.1) is 0 Å². The molecule has 1 unspecified atom stereocenters. The second-order valence-electron chi connectivity index (χ2n) is 3.23. The molecule has 7 heteroatoms. The summed E-state index contributed by atoms with van der Waals surface area (Å²) in [4.78, 5) is 22.2. The van der Waals surface area contributed by atoms with Crippen molar-refractivity contribution in [1.29, 1.82) is 0 Å². The molecule has 0 spiro atoms. The maximum absolute atomic E-state index is 11.6. The Labute approximate surface area is 108 Å². The number of nitrogens with two attached hydrogens (primary N) is 1. The van der Waals surface area contributed by atoms with Gasteiger partial charge in [-0.3, -0.25) is 9.59 Å². The number of carbonyl (C=O) groups is 2. The smallest absolute Gasteiger partial charge is 0.252 e. The van der Waals surface area contributed by atoms with Crippen molar-refractivity contribution in [2.45, 2.75) is 6.10 Å². The van der Waals surface area contributed by atoms with Gasteiger partial charge in [0.1, 0.15) is 6.10 Å². The van der Waals surface area contributed by atoms with Gasteiger partial charge in [0.05, 0.1) is 22.2 Å². The number of amides is 2. The Morgan fingerprint density at radius 3 is 2.65 bits per heavy atom. The van der Waals surface area contributed by atoms with Gasteiger partial charge in [-0.2, -0.15) is 0 Å². The molecular formula is C10H10Cl2N2O3. The molecule has 0 aliphatic rings. The molecule has 0 radical (unpaired) electrons. The van der Waals surface area contributed by atoms with Gasteiger partial charge in [0.25, 0.3) is 5.91 Å². The highest BCUT2D eigenvalue weighted by molar-refractivity contribution is 6.43. The molecule has 0 aromatic heterocycles. The van der Waals surface area contributed by atoms with Gasteiger partial charge in [0, 0.05) is 0 Å². The Morgan fingerprint density at radius 1 is 1.41 bits per heavy atom. The van der Waals surface area contributed by atoms with E-state index in [0.717, 1.165) is 0 Å². The van der Waals surface area contributed by atoms with Crippen LogP contribution in [0.1, 0.15) is 10.4 Å². The topological polar surface area (TPSA) is 92.4 Å². The van der Waals surface area contributed by atoms with Crippen LogP contribution in [0, 0.1) is 0 Å². The Morgan fingerprint density at radius 2 is 2.06 bits per heavy atom. The highest BCUT2D eigenvalue weighted by Crippen LogP contribution is 2.25. The maximum atomic E-state index is 11.6. The quantitative estimate of drug-likeness (QED) is 0.751. The van der Waals surface area contributed by atoms with E-state index in [0.29, 0.717) is 0 Å². The van der Waals surface area contributed by atoms with Crippen LogP contribution in [-0.4, -0.2) is 29.6 Å². The zero-order valence-electron chi connectivity index (χ0n) is 8.61. The van der Waals surface area contributed by atoms with Gasteiger partial charge < -0.3 is 16.2 Å². The van der Waals surface area contributed by atoms with E-state index in [2.05, 4.69) is 5.32 Å². The predicted octanol–water partition coefficient (Wildman–Crippen LogP) is 0.569. The monoisotopic (exact) mass is 276 g/mol. The number of rotatable bonds is 4. The number of nitrogens with one attached hydrogen (secondary N) is 1. The van der Waals surface area contributed by atoms with Crippen LogP contribution >= 0.6 is 23.2 Å². The molecule has 17 heavy (non-hydrogen) atoms. The van der Waals surface area contributed by atoms with E-state index in [-0.39, 0.29) is 22.2 Å². The first-order valence-electron chi connectivity index (χ1n) is 4.63. The number of hydrogen-bond donors (Lipinski definition) is 3. The van der Waals surface area contributed by atoms with Crippen molar-refractivity contribution in [1.82, 2.24) is 5.32 Å². The molecule has 4 N–H and O–H groups in total. The van der Waals surface area contributed by atoms with Gasteiger partial charge in [0.15, 0.2) is 0 Å². The summed E-state index contributed by atoms with van der Waals surface area (Å²) in [5.74, 6) is -1.46. The number of aliphatic hydroxyl groups excluding tert-OH is 1. The molecule has 2 amide bonds. The van der Waals surface area contributed by atoms with Crippen LogP contribution in [0.5, 0.6) is 0 Å². The SMILES string of the molecule is NC(=O)C(O)CNC(=O)c1cccc(Cl)c1Cl. The molecule has 1 rings (SSSR count). The summed E-state index contributed by atoms with van der Waals surface area (Å²) in [6.45, 7) is -0.281. The zero-order valence-corrected chi connectivity index (χ0v) is 10.1. The third-order valence-electron chi connectivity index (χ3n) is 1.98. The second kappa shape index (κ2) is 5.86. The summed E-state index contributed by atoms with van der Waals surface area (Å²) in [6.07, 6.45) is -1.43. The van der Waals surface area contributed by atoms with Crippen LogP contribution in [0.25, 0.3) is 0 Å². The lowest BCUT2D eigenvalue weighted by atomic mass is 10.2. The molecule has 1 atom stereocenters. The van der Waals surface area contributed by atoms with Crippen LogP contribution in [0.3, 0.4) is 0 Å². The maximum Gasteiger partial charge on any atom is 0.252 e. The van der Waals surface area contributed by atoms with Crippen molar-refractivity contribution < 1.29 is 14.7 Å². The lowest BCUT2D eigenvalue weighted by molar-refractivity contribution is -0.125. The molecule has 0 saturated carbocycles. The third-order valence-corrected chi connectivity index (χ3v) is 2.80. The van der Waals surface area contributed by atoms with Crippen molar-refractivity contribution in [3.63, 3.8) is 0 Å². The van der Waals surface area contributed by atoms with Crippen LogP contribution in [0.15, 0.2) is 18.2 Å². The minimum absolute atomic E-state index is 0.111. The molecule has 5 nitrogen and oxygen atoms in total. The fraction of sp³-hybridized carbons (Fsp3) is 0.200. The van der Waals surface area contributed by atoms with Crippen molar-refractivity contribution in [3.05, 3.63) is 33.8 Å². The average molecular weight is 277 g/mol. The van der Waals surface area contributed by atoms with Gasteiger partial charge in [0.2, 0.25) is 5.91 Å². The number of halogens is 2. The van der Waals surface area contributed by atoms with Crippen molar-refractivity contribution >= 4 is 35.0 Å². The van der Waals surface area contributed by atoms with Gasteiger partial charge >= 0.3 is 0 Å². The van der Waals surface area contributed by atoms with E-state index >= 15 is 0 Å². The largest absolute Gasteiger partial charge is 0.381 e. The van der Waals surface area contributed by atoms with E-state index in [9.17, 15) is 9.59 Å². The fourth-order valence-corrected chi connectivity index (χ4v) is 1.45. The Hall–Kier alpha value is -1.30. The molecule has 0 bridgehead atoms. The number of carbonyl (C=O) groups excluding carboxylic acids is 2. The normalized spacial score (nSPS) is 11.9. The average Bonchev–Trinajstić information content (AvgIpc) is 2.29. The van der Waals surface area contributed by atoms with Crippen LogP contribution in [0.4, 0.5) is 0 Å². The minimum atomic E-state index is -1.43. The molecule has 0 aliphatic carbocycles. The lowest BCUT2D eigenvalue weighted by Gasteiger charge is -2.09. The molecule has 0 fully saturated rings. The van der Waals surface area contributed by atoms with Crippen LogP contribution in [0.2, 0.25) is 10.0 Å². The number of aliphatic hydroxyl groups is 1. The number of primary amides is 1. The molecule has 92 valence electrons. The van der Waals surface area contributed by atoms with E-state index in [1.165, 1.54) is 6.07 Å².